The number of fused-ring (bicyclic) bond motifs is 1. The molecule has 0 saturated carbocycles. The Morgan fingerprint density at radius 1 is 0.917 bits per heavy atom. The lowest BCUT2D eigenvalue weighted by Gasteiger charge is -2.14. The van der Waals surface area contributed by atoms with E-state index in [2.05, 4.69) is 21.5 Å². The fraction of sp³-hybridized carbons (Fsp3) is 0.125. The van der Waals surface area contributed by atoms with Gasteiger partial charge in [0.1, 0.15) is 0 Å². The van der Waals surface area contributed by atoms with Crippen LogP contribution in [0.3, 0.4) is 0 Å². The van der Waals surface area contributed by atoms with Gasteiger partial charge in [-0.05, 0) is 54.3 Å². The molecule has 0 saturated heterocycles. The van der Waals surface area contributed by atoms with E-state index in [0.717, 1.165) is 22.7 Å². The Morgan fingerprint density at radius 2 is 1.67 bits per heavy atom. The van der Waals surface area contributed by atoms with Crippen LogP contribution in [-0.4, -0.2) is 17.0 Å². The van der Waals surface area contributed by atoms with Crippen molar-refractivity contribution in [2.75, 3.05) is 12.1 Å². The smallest absolute Gasteiger partial charge is 0.231 e. The van der Waals surface area contributed by atoms with Crippen molar-refractivity contribution in [2.45, 2.75) is 6.54 Å². The van der Waals surface area contributed by atoms with E-state index in [1.54, 1.807) is 0 Å². The molecule has 24 heavy (non-hydrogen) atoms. The Balaban J connectivity index is 1.40. The molecule has 1 aliphatic heterocycles. The van der Waals surface area contributed by atoms with Gasteiger partial charge in [0.2, 0.25) is 6.79 Å². The molecule has 0 unspecified atom stereocenters. The van der Waals surface area contributed by atoms with Gasteiger partial charge in [-0.15, -0.1) is 0 Å². The summed E-state index contributed by atoms with van der Waals surface area (Å²) >= 11 is 10.4. The number of hydrazine groups is 1. The van der Waals surface area contributed by atoms with E-state index < -0.39 is 0 Å². The normalized spacial score (nSPS) is 11.5. The van der Waals surface area contributed by atoms with E-state index in [0.29, 0.717) is 16.8 Å². The zero-order chi connectivity index (χ0) is 16.8. The van der Waals surface area contributed by atoms with E-state index in [4.69, 9.17) is 33.9 Å². The Kier molecular flexibility index (Phi) is 5.29. The first-order valence-corrected chi connectivity index (χ1v) is 8.07. The minimum absolute atomic E-state index is 0.266. The molecule has 0 spiro atoms. The molecule has 0 fully saturated rings. The quantitative estimate of drug-likeness (QED) is 0.491. The van der Waals surface area contributed by atoms with Crippen LogP contribution >= 0.6 is 24.4 Å². The summed E-state index contributed by atoms with van der Waals surface area (Å²) in [7, 11) is 0. The summed E-state index contributed by atoms with van der Waals surface area (Å²) in [5.41, 5.74) is 7.60. The zero-order valence-corrected chi connectivity index (χ0v) is 14.3. The third kappa shape index (κ3) is 4.46. The molecule has 124 valence electrons. The fourth-order valence-corrected chi connectivity index (χ4v) is 2.37. The van der Waals surface area contributed by atoms with Gasteiger partial charge in [0.05, 0.1) is 0 Å². The van der Waals surface area contributed by atoms with Crippen molar-refractivity contribution in [2.24, 2.45) is 0 Å². The molecular weight excluding hydrogens is 344 g/mol. The number of rotatable bonds is 3. The van der Waals surface area contributed by atoms with Crippen LogP contribution in [0.5, 0.6) is 11.5 Å². The lowest BCUT2D eigenvalue weighted by Crippen LogP contribution is -2.47. The lowest BCUT2D eigenvalue weighted by molar-refractivity contribution is 0.174. The number of thiocarbonyl (C=S) groups is 2. The highest BCUT2D eigenvalue weighted by atomic mass is 32.1. The Labute approximate surface area is 150 Å². The molecule has 0 bridgehead atoms. The summed E-state index contributed by atoms with van der Waals surface area (Å²) < 4.78 is 10.6. The molecule has 0 radical (unpaired) electrons. The van der Waals surface area contributed by atoms with Crippen LogP contribution in [0.4, 0.5) is 5.69 Å². The largest absolute Gasteiger partial charge is 0.454 e. The van der Waals surface area contributed by atoms with Crippen LogP contribution in [-0.2, 0) is 6.54 Å². The van der Waals surface area contributed by atoms with Crippen LogP contribution < -0.4 is 31.0 Å². The number of anilines is 1. The third-order valence-corrected chi connectivity index (χ3v) is 3.66. The van der Waals surface area contributed by atoms with Crippen molar-refractivity contribution in [1.82, 2.24) is 16.2 Å². The molecule has 1 aliphatic rings. The van der Waals surface area contributed by atoms with Crippen LogP contribution in [0.15, 0.2) is 48.5 Å². The van der Waals surface area contributed by atoms with Gasteiger partial charge in [-0.3, -0.25) is 10.9 Å². The minimum atomic E-state index is 0.266. The zero-order valence-electron chi connectivity index (χ0n) is 12.7. The van der Waals surface area contributed by atoms with E-state index in [1.807, 2.05) is 48.5 Å². The van der Waals surface area contributed by atoms with Gasteiger partial charge in [-0.25, -0.2) is 0 Å². The first-order chi connectivity index (χ1) is 11.7. The second-order valence-electron chi connectivity index (χ2n) is 4.94. The highest BCUT2D eigenvalue weighted by Crippen LogP contribution is 2.32. The predicted molar refractivity (Wildman–Crippen MR) is 101 cm³/mol. The summed E-state index contributed by atoms with van der Waals surface area (Å²) in [4.78, 5) is 0. The van der Waals surface area contributed by atoms with E-state index in [9.17, 15) is 0 Å². The highest BCUT2D eigenvalue weighted by Gasteiger charge is 2.13. The number of para-hydroxylation sites is 1. The first-order valence-electron chi connectivity index (χ1n) is 7.25. The average Bonchev–Trinajstić information content (AvgIpc) is 3.07. The summed E-state index contributed by atoms with van der Waals surface area (Å²) in [6.07, 6.45) is 0. The van der Waals surface area contributed by atoms with Crippen molar-refractivity contribution in [3.8, 4) is 11.5 Å². The van der Waals surface area contributed by atoms with Crippen molar-refractivity contribution in [3.63, 3.8) is 0 Å². The van der Waals surface area contributed by atoms with E-state index in [1.165, 1.54) is 0 Å². The molecule has 4 N–H and O–H groups in total. The van der Waals surface area contributed by atoms with Crippen molar-refractivity contribution in [1.29, 1.82) is 0 Å². The van der Waals surface area contributed by atoms with Crippen LogP contribution in [0.25, 0.3) is 0 Å². The van der Waals surface area contributed by atoms with Gasteiger partial charge in [0, 0.05) is 12.2 Å². The number of hydrogen-bond acceptors (Lipinski definition) is 4. The molecule has 1 heterocycles. The Bertz CT molecular complexity index is 740. The Morgan fingerprint density at radius 3 is 2.50 bits per heavy atom. The van der Waals surface area contributed by atoms with E-state index >= 15 is 0 Å². The van der Waals surface area contributed by atoms with Gasteiger partial charge < -0.3 is 20.1 Å². The SMILES string of the molecule is S=C(NCc1ccc2c(c1)OCO2)NNC(=S)Nc1ccccc1. The third-order valence-electron chi connectivity index (χ3n) is 3.21. The number of ether oxygens (including phenoxy) is 2. The second-order valence-corrected chi connectivity index (χ2v) is 5.76. The molecule has 2 aromatic rings. The van der Waals surface area contributed by atoms with E-state index in [-0.39, 0.29) is 6.79 Å². The predicted octanol–water partition coefficient (Wildman–Crippen LogP) is 2.28. The summed E-state index contributed by atoms with van der Waals surface area (Å²) in [5.74, 6) is 1.51. The molecule has 0 aromatic heterocycles. The average molecular weight is 360 g/mol. The highest BCUT2D eigenvalue weighted by molar-refractivity contribution is 7.80. The molecule has 0 aliphatic carbocycles. The van der Waals surface area contributed by atoms with Gasteiger partial charge in [-0.1, -0.05) is 24.3 Å². The van der Waals surface area contributed by atoms with Crippen molar-refractivity contribution < 1.29 is 9.47 Å². The van der Waals surface area contributed by atoms with Crippen molar-refractivity contribution in [3.05, 3.63) is 54.1 Å². The standard InChI is InChI=1S/C16H16N4O2S2/c23-15(19-20-16(24)18-12-4-2-1-3-5-12)17-9-11-6-7-13-14(8-11)22-10-21-13/h1-8H,9-10H2,(H2,17,19,23)(H2,18,20,24). The number of hydrogen-bond donors (Lipinski definition) is 4. The van der Waals surface area contributed by atoms with Crippen molar-refractivity contribution >= 4 is 40.3 Å². The number of benzene rings is 2. The van der Waals surface area contributed by atoms with Gasteiger partial charge in [0.25, 0.3) is 0 Å². The maximum absolute atomic E-state index is 5.35. The Hall–Kier alpha value is -2.58. The monoisotopic (exact) mass is 360 g/mol. The maximum atomic E-state index is 5.35. The molecule has 2 aromatic carbocycles. The summed E-state index contributed by atoms with van der Waals surface area (Å²) in [6.45, 7) is 0.824. The van der Waals surface area contributed by atoms with Gasteiger partial charge in [0.15, 0.2) is 21.7 Å². The topological polar surface area (TPSA) is 66.6 Å². The molecule has 8 heteroatoms. The summed E-state index contributed by atoms with van der Waals surface area (Å²) in [5, 5.41) is 6.98. The molecular formula is C16H16N4O2S2. The fourth-order valence-electron chi connectivity index (χ4n) is 2.07. The van der Waals surface area contributed by atoms with Crippen LogP contribution in [0.1, 0.15) is 5.56 Å². The van der Waals surface area contributed by atoms with Crippen LogP contribution in [0, 0.1) is 0 Å². The first kappa shape index (κ1) is 16.3. The van der Waals surface area contributed by atoms with Crippen LogP contribution in [0.2, 0.25) is 0 Å². The second kappa shape index (κ2) is 7.80. The molecule has 6 nitrogen and oxygen atoms in total. The summed E-state index contributed by atoms with van der Waals surface area (Å²) in [6, 6.07) is 15.4. The maximum Gasteiger partial charge on any atom is 0.231 e. The van der Waals surface area contributed by atoms with Gasteiger partial charge in [-0.2, -0.15) is 0 Å². The lowest BCUT2D eigenvalue weighted by atomic mass is 10.2. The molecule has 0 atom stereocenters. The number of nitrogens with one attached hydrogen (secondary N) is 4. The molecule has 0 amide bonds. The minimum Gasteiger partial charge on any atom is -0.454 e. The van der Waals surface area contributed by atoms with Gasteiger partial charge >= 0.3 is 0 Å². The molecule has 3 rings (SSSR count).